The summed E-state index contributed by atoms with van der Waals surface area (Å²) in [6.45, 7) is 4.27. The molecule has 0 unspecified atom stereocenters. The standard InChI is InChI=1S/C16H15ClN2S/c1-3-10-5-6-13-12(9-10)15(17)19-16(18-13)14-11(4-2)7-8-20-14/h5-9H,3-4H2,1-2H3. The summed E-state index contributed by atoms with van der Waals surface area (Å²) in [5, 5.41) is 3.55. The van der Waals surface area contributed by atoms with E-state index in [2.05, 4.69) is 47.4 Å². The summed E-state index contributed by atoms with van der Waals surface area (Å²) in [4.78, 5) is 10.3. The topological polar surface area (TPSA) is 25.8 Å². The van der Waals surface area contributed by atoms with E-state index in [1.807, 2.05) is 6.07 Å². The molecule has 3 aromatic rings. The Bertz CT molecular complexity index is 764. The maximum Gasteiger partial charge on any atom is 0.171 e. The number of aromatic nitrogens is 2. The second-order valence-electron chi connectivity index (χ2n) is 4.67. The zero-order chi connectivity index (χ0) is 14.1. The van der Waals surface area contributed by atoms with Gasteiger partial charge in [-0.2, -0.15) is 0 Å². The summed E-state index contributed by atoms with van der Waals surface area (Å²) in [6.07, 6.45) is 1.96. The molecule has 1 aromatic carbocycles. The molecule has 2 aromatic heterocycles. The summed E-state index contributed by atoms with van der Waals surface area (Å²) >= 11 is 8.03. The van der Waals surface area contributed by atoms with Crippen LogP contribution in [0.5, 0.6) is 0 Å². The molecule has 0 saturated carbocycles. The Morgan fingerprint density at radius 1 is 1.10 bits per heavy atom. The number of fused-ring (bicyclic) bond motifs is 1. The molecule has 4 heteroatoms. The summed E-state index contributed by atoms with van der Waals surface area (Å²) < 4.78 is 0. The van der Waals surface area contributed by atoms with Gasteiger partial charge < -0.3 is 0 Å². The van der Waals surface area contributed by atoms with Crippen LogP contribution in [0.15, 0.2) is 29.6 Å². The van der Waals surface area contributed by atoms with E-state index in [1.165, 1.54) is 11.1 Å². The van der Waals surface area contributed by atoms with Gasteiger partial charge in [-0.1, -0.05) is 31.5 Å². The van der Waals surface area contributed by atoms with E-state index in [9.17, 15) is 0 Å². The number of aryl methyl sites for hydroxylation is 2. The van der Waals surface area contributed by atoms with E-state index < -0.39 is 0 Å². The van der Waals surface area contributed by atoms with Crippen molar-refractivity contribution in [3.8, 4) is 10.7 Å². The van der Waals surface area contributed by atoms with Crippen LogP contribution in [0.25, 0.3) is 21.6 Å². The molecule has 0 aliphatic carbocycles. The second-order valence-corrected chi connectivity index (χ2v) is 5.95. The van der Waals surface area contributed by atoms with Crippen molar-refractivity contribution in [3.63, 3.8) is 0 Å². The van der Waals surface area contributed by atoms with Gasteiger partial charge in [0, 0.05) is 5.39 Å². The smallest absolute Gasteiger partial charge is 0.171 e. The first-order valence-corrected chi connectivity index (χ1v) is 8.01. The lowest BCUT2D eigenvalue weighted by Crippen LogP contribution is -1.93. The third-order valence-corrected chi connectivity index (χ3v) is 4.69. The Hall–Kier alpha value is -1.45. The maximum atomic E-state index is 6.36. The number of nitrogens with zero attached hydrogens (tertiary/aromatic N) is 2. The number of halogens is 1. The molecule has 0 radical (unpaired) electrons. The number of thiophene rings is 1. The van der Waals surface area contributed by atoms with Crippen LogP contribution in [0.2, 0.25) is 5.15 Å². The molecular formula is C16H15ClN2S. The number of benzene rings is 1. The zero-order valence-corrected chi connectivity index (χ0v) is 13.1. The predicted octanol–water partition coefficient (Wildman–Crippen LogP) is 5.14. The van der Waals surface area contributed by atoms with Gasteiger partial charge in [-0.05, 0) is 47.5 Å². The van der Waals surface area contributed by atoms with Gasteiger partial charge in [0.2, 0.25) is 0 Å². The van der Waals surface area contributed by atoms with E-state index in [-0.39, 0.29) is 0 Å². The molecule has 0 bridgehead atoms. The summed E-state index contributed by atoms with van der Waals surface area (Å²) in [5.41, 5.74) is 3.43. The van der Waals surface area contributed by atoms with Crippen molar-refractivity contribution in [2.75, 3.05) is 0 Å². The minimum Gasteiger partial charge on any atom is -0.227 e. The lowest BCUT2D eigenvalue weighted by atomic mass is 10.1. The minimum atomic E-state index is 0.538. The van der Waals surface area contributed by atoms with E-state index in [0.717, 1.165) is 34.4 Å². The molecule has 0 amide bonds. The van der Waals surface area contributed by atoms with Crippen LogP contribution in [-0.4, -0.2) is 9.97 Å². The van der Waals surface area contributed by atoms with Crippen LogP contribution in [0.3, 0.4) is 0 Å². The Morgan fingerprint density at radius 3 is 2.70 bits per heavy atom. The maximum absolute atomic E-state index is 6.36. The summed E-state index contributed by atoms with van der Waals surface area (Å²) in [5.74, 6) is 0.735. The van der Waals surface area contributed by atoms with Crippen LogP contribution < -0.4 is 0 Å². The minimum absolute atomic E-state index is 0.538. The van der Waals surface area contributed by atoms with Crippen LogP contribution in [0.1, 0.15) is 25.0 Å². The molecular weight excluding hydrogens is 288 g/mol. The Labute approximate surface area is 127 Å². The first-order chi connectivity index (χ1) is 9.72. The molecule has 0 aliphatic heterocycles. The quantitative estimate of drug-likeness (QED) is 0.626. The Kier molecular flexibility index (Phi) is 3.72. The molecule has 0 atom stereocenters. The molecule has 2 nitrogen and oxygen atoms in total. The van der Waals surface area contributed by atoms with Gasteiger partial charge in [-0.3, -0.25) is 0 Å². The monoisotopic (exact) mass is 302 g/mol. The van der Waals surface area contributed by atoms with Crippen molar-refractivity contribution >= 4 is 33.8 Å². The average Bonchev–Trinajstić information content (AvgIpc) is 2.95. The SMILES string of the molecule is CCc1ccc2nc(-c3sccc3CC)nc(Cl)c2c1. The first-order valence-electron chi connectivity index (χ1n) is 6.75. The van der Waals surface area contributed by atoms with Crippen molar-refractivity contribution in [1.82, 2.24) is 9.97 Å². The van der Waals surface area contributed by atoms with Crippen LogP contribution >= 0.6 is 22.9 Å². The molecule has 0 saturated heterocycles. The molecule has 0 spiro atoms. The van der Waals surface area contributed by atoms with Gasteiger partial charge in [-0.25, -0.2) is 9.97 Å². The van der Waals surface area contributed by atoms with Crippen molar-refractivity contribution in [2.45, 2.75) is 26.7 Å². The van der Waals surface area contributed by atoms with Crippen LogP contribution in [0, 0.1) is 0 Å². The molecule has 0 N–H and O–H groups in total. The fraction of sp³-hybridized carbons (Fsp3) is 0.250. The molecule has 0 fully saturated rings. The summed E-state index contributed by atoms with van der Waals surface area (Å²) in [7, 11) is 0. The van der Waals surface area contributed by atoms with Crippen molar-refractivity contribution in [2.24, 2.45) is 0 Å². The van der Waals surface area contributed by atoms with Gasteiger partial charge in [0.15, 0.2) is 5.82 Å². The fourth-order valence-corrected chi connectivity index (χ4v) is 3.43. The summed E-state index contributed by atoms with van der Waals surface area (Å²) in [6, 6.07) is 8.34. The number of hydrogen-bond donors (Lipinski definition) is 0. The molecule has 0 aliphatic rings. The highest BCUT2D eigenvalue weighted by molar-refractivity contribution is 7.13. The van der Waals surface area contributed by atoms with Gasteiger partial charge >= 0.3 is 0 Å². The van der Waals surface area contributed by atoms with Gasteiger partial charge in [-0.15, -0.1) is 11.3 Å². The van der Waals surface area contributed by atoms with Crippen molar-refractivity contribution in [1.29, 1.82) is 0 Å². The number of hydrogen-bond acceptors (Lipinski definition) is 3. The van der Waals surface area contributed by atoms with E-state index in [0.29, 0.717) is 5.15 Å². The Morgan fingerprint density at radius 2 is 1.95 bits per heavy atom. The van der Waals surface area contributed by atoms with Gasteiger partial charge in [0.05, 0.1) is 10.4 Å². The van der Waals surface area contributed by atoms with Crippen molar-refractivity contribution in [3.05, 3.63) is 45.9 Å². The van der Waals surface area contributed by atoms with Gasteiger partial charge in [0.25, 0.3) is 0 Å². The molecule has 2 heterocycles. The zero-order valence-electron chi connectivity index (χ0n) is 11.5. The van der Waals surface area contributed by atoms with Gasteiger partial charge in [0.1, 0.15) is 5.15 Å². The van der Waals surface area contributed by atoms with E-state index in [4.69, 9.17) is 11.6 Å². The molecule has 102 valence electrons. The average molecular weight is 303 g/mol. The lowest BCUT2D eigenvalue weighted by molar-refractivity contribution is 1.13. The first kappa shape index (κ1) is 13.5. The third kappa shape index (κ3) is 2.32. The van der Waals surface area contributed by atoms with Crippen molar-refractivity contribution < 1.29 is 0 Å². The number of rotatable bonds is 3. The second kappa shape index (κ2) is 5.51. The highest BCUT2D eigenvalue weighted by Crippen LogP contribution is 2.31. The van der Waals surface area contributed by atoms with Crippen LogP contribution in [-0.2, 0) is 12.8 Å². The lowest BCUT2D eigenvalue weighted by Gasteiger charge is -2.06. The predicted molar refractivity (Wildman–Crippen MR) is 86.6 cm³/mol. The largest absolute Gasteiger partial charge is 0.227 e. The normalized spacial score (nSPS) is 11.2. The van der Waals surface area contributed by atoms with Crippen LogP contribution in [0.4, 0.5) is 0 Å². The van der Waals surface area contributed by atoms with E-state index in [1.54, 1.807) is 11.3 Å². The highest BCUT2D eigenvalue weighted by Gasteiger charge is 2.12. The van der Waals surface area contributed by atoms with E-state index >= 15 is 0 Å². The third-order valence-electron chi connectivity index (χ3n) is 3.45. The molecule has 20 heavy (non-hydrogen) atoms. The molecule has 3 rings (SSSR count). The highest BCUT2D eigenvalue weighted by atomic mass is 35.5. The Balaban J connectivity index is 2.20. The fourth-order valence-electron chi connectivity index (χ4n) is 2.27.